The molecule has 1 aromatic rings. The average molecular weight is 214 g/mol. The van der Waals surface area contributed by atoms with Crippen molar-refractivity contribution in [1.29, 1.82) is 0 Å². The highest BCUT2D eigenvalue weighted by Gasteiger charge is 2.23. The van der Waals surface area contributed by atoms with E-state index in [0.717, 1.165) is 24.5 Å². The predicted molar refractivity (Wildman–Crippen MR) is 64.6 cm³/mol. The van der Waals surface area contributed by atoms with Crippen molar-refractivity contribution in [3.05, 3.63) is 41.7 Å². The molecule has 0 saturated heterocycles. The second-order valence-corrected chi connectivity index (χ2v) is 4.20. The van der Waals surface area contributed by atoms with Crippen LogP contribution in [0.1, 0.15) is 17.9 Å². The average Bonchev–Trinajstić information content (AvgIpc) is 2.77. The largest absolute Gasteiger partial charge is 0.399 e. The number of nitrogen functional groups attached to an aromatic ring is 1. The van der Waals surface area contributed by atoms with Crippen molar-refractivity contribution >= 4 is 12.0 Å². The molecule has 0 saturated carbocycles. The van der Waals surface area contributed by atoms with Gasteiger partial charge in [-0.1, -0.05) is 12.1 Å². The fourth-order valence-corrected chi connectivity index (χ4v) is 2.18. The van der Waals surface area contributed by atoms with Gasteiger partial charge in [-0.2, -0.15) is 5.10 Å². The van der Waals surface area contributed by atoms with Gasteiger partial charge in [-0.3, -0.25) is 5.43 Å². The third-order valence-electron chi connectivity index (χ3n) is 3.11. The van der Waals surface area contributed by atoms with Crippen LogP contribution in [0.3, 0.4) is 0 Å². The Labute approximate surface area is 94.4 Å². The van der Waals surface area contributed by atoms with Crippen molar-refractivity contribution in [3.63, 3.8) is 0 Å². The van der Waals surface area contributed by atoms with E-state index >= 15 is 0 Å². The van der Waals surface area contributed by atoms with Crippen molar-refractivity contribution in [2.45, 2.75) is 12.3 Å². The fourth-order valence-electron chi connectivity index (χ4n) is 2.18. The van der Waals surface area contributed by atoms with Crippen LogP contribution in [-0.2, 0) is 0 Å². The minimum absolute atomic E-state index is 0.524. The Balaban J connectivity index is 1.82. The quantitative estimate of drug-likeness (QED) is 0.696. The molecule has 4 heteroatoms. The maximum absolute atomic E-state index is 5.69. The van der Waals surface area contributed by atoms with Gasteiger partial charge in [-0.05, 0) is 30.2 Å². The van der Waals surface area contributed by atoms with Crippen molar-refractivity contribution in [3.8, 4) is 0 Å². The molecule has 4 nitrogen and oxygen atoms in total. The lowest BCUT2D eigenvalue weighted by atomic mass is 9.93. The fraction of sp³-hybridized carbons (Fsp3) is 0.250. The lowest BCUT2D eigenvalue weighted by Gasteiger charge is -2.27. The van der Waals surface area contributed by atoms with E-state index in [-0.39, 0.29) is 0 Å². The molecule has 1 unspecified atom stereocenters. The molecule has 0 radical (unpaired) electrons. The first kappa shape index (κ1) is 9.27. The van der Waals surface area contributed by atoms with E-state index in [1.54, 1.807) is 0 Å². The molecule has 0 spiro atoms. The number of hydrogen-bond acceptors (Lipinski definition) is 4. The van der Waals surface area contributed by atoms with Crippen LogP contribution in [0.25, 0.3) is 0 Å². The predicted octanol–water partition coefficient (Wildman–Crippen LogP) is 1.45. The highest BCUT2D eigenvalue weighted by atomic mass is 15.5. The van der Waals surface area contributed by atoms with Gasteiger partial charge in [-0.25, -0.2) is 0 Å². The topological polar surface area (TPSA) is 53.6 Å². The number of hydrogen-bond donors (Lipinski definition) is 2. The zero-order valence-electron chi connectivity index (χ0n) is 8.93. The summed E-state index contributed by atoms with van der Waals surface area (Å²) in [6, 6.07) is 8.15. The van der Waals surface area contributed by atoms with Gasteiger partial charge in [0.05, 0.1) is 0 Å². The summed E-state index contributed by atoms with van der Waals surface area (Å²) >= 11 is 0. The van der Waals surface area contributed by atoms with E-state index in [9.17, 15) is 0 Å². The van der Waals surface area contributed by atoms with Crippen LogP contribution in [0.2, 0.25) is 0 Å². The highest BCUT2D eigenvalue weighted by molar-refractivity contribution is 5.61. The minimum atomic E-state index is 0.524. The van der Waals surface area contributed by atoms with E-state index < -0.39 is 0 Å². The number of nitrogens with zero attached hydrogens (tertiary/aromatic N) is 2. The highest BCUT2D eigenvalue weighted by Crippen LogP contribution is 2.28. The first-order valence-corrected chi connectivity index (χ1v) is 5.44. The lowest BCUT2D eigenvalue weighted by Crippen LogP contribution is -2.30. The minimum Gasteiger partial charge on any atom is -0.399 e. The van der Waals surface area contributed by atoms with Gasteiger partial charge in [0.1, 0.15) is 12.2 Å². The third-order valence-corrected chi connectivity index (χ3v) is 3.11. The van der Waals surface area contributed by atoms with Gasteiger partial charge in [0.25, 0.3) is 0 Å². The lowest BCUT2D eigenvalue weighted by molar-refractivity contribution is 0.432. The van der Waals surface area contributed by atoms with Crippen LogP contribution in [-0.4, -0.2) is 17.8 Å². The summed E-state index contributed by atoms with van der Waals surface area (Å²) in [5, 5.41) is 4.03. The molecule has 3 N–H and O–H groups in total. The number of anilines is 1. The number of nitrogens with one attached hydrogen (secondary N) is 1. The summed E-state index contributed by atoms with van der Waals surface area (Å²) in [5.41, 5.74) is 10.8. The molecule has 1 aromatic carbocycles. The summed E-state index contributed by atoms with van der Waals surface area (Å²) < 4.78 is 0. The molecule has 2 aliphatic rings. The van der Waals surface area contributed by atoms with Crippen molar-refractivity contribution < 1.29 is 0 Å². The number of fused-ring (bicyclic) bond motifs is 1. The summed E-state index contributed by atoms with van der Waals surface area (Å²) in [6.45, 7) is 0.978. The van der Waals surface area contributed by atoms with E-state index in [2.05, 4.69) is 33.6 Å². The van der Waals surface area contributed by atoms with Crippen molar-refractivity contribution in [2.24, 2.45) is 5.10 Å². The van der Waals surface area contributed by atoms with Crippen LogP contribution in [0.15, 0.2) is 41.3 Å². The number of allylic oxidation sites excluding steroid dienone is 1. The van der Waals surface area contributed by atoms with Crippen LogP contribution in [0.5, 0.6) is 0 Å². The van der Waals surface area contributed by atoms with Gasteiger partial charge in [0.15, 0.2) is 0 Å². The second kappa shape index (κ2) is 3.56. The Kier molecular flexibility index (Phi) is 2.06. The standard InChI is InChI=1S/C12H14N4/c13-11-4-1-9(2-5-11)10-3-6-12-15-14-8-16(12)7-10/h1-2,4-6,8,10,15H,3,7,13H2. The number of nitrogens with two attached hydrogens (primary N) is 1. The molecule has 0 fully saturated rings. The van der Waals surface area contributed by atoms with E-state index in [1.807, 2.05) is 18.5 Å². The Morgan fingerprint density at radius 1 is 1.31 bits per heavy atom. The summed E-state index contributed by atoms with van der Waals surface area (Å²) in [6.07, 6.45) is 5.08. The van der Waals surface area contributed by atoms with E-state index in [1.165, 1.54) is 5.56 Å². The van der Waals surface area contributed by atoms with Gasteiger partial charge in [0, 0.05) is 18.2 Å². The number of rotatable bonds is 1. The molecule has 0 amide bonds. The van der Waals surface area contributed by atoms with Crippen LogP contribution < -0.4 is 11.2 Å². The van der Waals surface area contributed by atoms with Gasteiger partial charge in [0.2, 0.25) is 0 Å². The molecule has 16 heavy (non-hydrogen) atoms. The Hall–Kier alpha value is -1.97. The summed E-state index contributed by atoms with van der Waals surface area (Å²) in [4.78, 5) is 2.14. The number of benzene rings is 1. The monoisotopic (exact) mass is 214 g/mol. The first-order chi connectivity index (χ1) is 7.83. The Bertz CT molecular complexity index is 447. The molecule has 0 bridgehead atoms. The SMILES string of the molecule is Nc1ccc(C2CC=C3NN=CN3C2)cc1. The zero-order valence-corrected chi connectivity index (χ0v) is 8.93. The molecular formula is C12H14N4. The first-order valence-electron chi connectivity index (χ1n) is 5.44. The van der Waals surface area contributed by atoms with Crippen LogP contribution in [0.4, 0.5) is 5.69 Å². The molecule has 2 aliphatic heterocycles. The Morgan fingerprint density at radius 3 is 2.94 bits per heavy atom. The smallest absolute Gasteiger partial charge is 0.123 e. The summed E-state index contributed by atoms with van der Waals surface area (Å²) in [5.74, 6) is 1.63. The molecule has 82 valence electrons. The molecular weight excluding hydrogens is 200 g/mol. The summed E-state index contributed by atoms with van der Waals surface area (Å²) in [7, 11) is 0. The second-order valence-electron chi connectivity index (χ2n) is 4.20. The molecule has 1 atom stereocenters. The molecule has 0 aliphatic carbocycles. The third kappa shape index (κ3) is 1.52. The van der Waals surface area contributed by atoms with Gasteiger partial charge < -0.3 is 10.6 Å². The number of hydrazone groups is 1. The molecule has 3 rings (SSSR count). The normalized spacial score (nSPS) is 22.6. The van der Waals surface area contributed by atoms with Crippen LogP contribution in [0, 0.1) is 0 Å². The van der Waals surface area contributed by atoms with Gasteiger partial charge >= 0.3 is 0 Å². The van der Waals surface area contributed by atoms with E-state index in [4.69, 9.17) is 5.73 Å². The van der Waals surface area contributed by atoms with Crippen molar-refractivity contribution in [1.82, 2.24) is 10.3 Å². The molecule has 0 aromatic heterocycles. The molecule has 2 heterocycles. The maximum Gasteiger partial charge on any atom is 0.123 e. The van der Waals surface area contributed by atoms with Crippen molar-refractivity contribution in [2.75, 3.05) is 12.3 Å². The van der Waals surface area contributed by atoms with E-state index in [0.29, 0.717) is 5.92 Å². The maximum atomic E-state index is 5.69. The van der Waals surface area contributed by atoms with Crippen LogP contribution >= 0.6 is 0 Å². The Morgan fingerprint density at radius 2 is 2.12 bits per heavy atom. The zero-order chi connectivity index (χ0) is 11.0. The van der Waals surface area contributed by atoms with Gasteiger partial charge in [-0.15, -0.1) is 0 Å².